The number of hydrogen-bond donors (Lipinski definition) is 1. The zero-order chi connectivity index (χ0) is 16.2. The van der Waals surface area contributed by atoms with Gasteiger partial charge in [-0.3, -0.25) is 4.79 Å². The van der Waals surface area contributed by atoms with Gasteiger partial charge in [-0.1, -0.05) is 32.0 Å². The van der Waals surface area contributed by atoms with E-state index >= 15 is 0 Å². The number of amides is 1. The molecule has 5 nitrogen and oxygen atoms in total. The van der Waals surface area contributed by atoms with Gasteiger partial charge >= 0.3 is 0 Å². The van der Waals surface area contributed by atoms with E-state index < -0.39 is 0 Å². The minimum atomic E-state index is -0.0636. The molecule has 1 aliphatic rings. The quantitative estimate of drug-likeness (QED) is 0.827. The predicted molar refractivity (Wildman–Crippen MR) is 91.1 cm³/mol. The summed E-state index contributed by atoms with van der Waals surface area (Å²) in [5.74, 6) is 0.426. The largest absolute Gasteiger partial charge is 0.352 e. The van der Waals surface area contributed by atoms with E-state index in [1.807, 2.05) is 22.8 Å². The van der Waals surface area contributed by atoms with Crippen LogP contribution in [0.4, 0.5) is 0 Å². The summed E-state index contributed by atoms with van der Waals surface area (Å²) in [4.78, 5) is 13.8. The summed E-state index contributed by atoms with van der Waals surface area (Å²) >= 11 is 1.64. The highest BCUT2D eigenvalue weighted by Gasteiger charge is 2.34. The third-order valence-electron chi connectivity index (χ3n) is 4.19. The van der Waals surface area contributed by atoms with Gasteiger partial charge in [-0.25, -0.2) is 0 Å². The van der Waals surface area contributed by atoms with Gasteiger partial charge in [0.05, 0.1) is 5.25 Å². The lowest BCUT2D eigenvalue weighted by atomic mass is 9.86. The summed E-state index contributed by atoms with van der Waals surface area (Å²) < 4.78 is 2.02. The van der Waals surface area contributed by atoms with Crippen molar-refractivity contribution in [3.8, 4) is 0 Å². The summed E-state index contributed by atoms with van der Waals surface area (Å²) in [6, 6.07) is 10.8. The maximum Gasteiger partial charge on any atom is 0.233 e. The molecule has 1 aromatic carbocycles. The topological polar surface area (TPSA) is 59.8 Å². The van der Waals surface area contributed by atoms with Gasteiger partial charge in [0.25, 0.3) is 0 Å². The van der Waals surface area contributed by atoms with Crippen molar-refractivity contribution in [1.82, 2.24) is 20.1 Å². The molecule has 6 heteroatoms. The fourth-order valence-corrected chi connectivity index (χ4v) is 3.82. The number of hydrogen-bond acceptors (Lipinski definition) is 4. The van der Waals surface area contributed by atoms with Crippen LogP contribution in [-0.2, 0) is 4.79 Å². The molecular weight excluding hydrogens is 308 g/mol. The molecule has 1 N–H and O–H groups in total. The number of aromatic nitrogens is 3. The van der Waals surface area contributed by atoms with Gasteiger partial charge in [0.15, 0.2) is 0 Å². The first-order chi connectivity index (χ1) is 11.1. The number of carbonyl (C=O) groups excluding carboxylic acids is 1. The molecule has 1 aliphatic carbocycles. The lowest BCUT2D eigenvalue weighted by Gasteiger charge is -2.37. The average molecular weight is 330 g/mol. The molecule has 122 valence electrons. The Morgan fingerprint density at radius 1 is 1.22 bits per heavy atom. The van der Waals surface area contributed by atoms with Gasteiger partial charge in [-0.15, -0.1) is 22.0 Å². The summed E-state index contributed by atoms with van der Waals surface area (Å²) in [5, 5.41) is 10.8. The van der Waals surface area contributed by atoms with Crippen LogP contribution in [0.3, 0.4) is 0 Å². The minimum Gasteiger partial charge on any atom is -0.352 e. The van der Waals surface area contributed by atoms with Gasteiger partial charge in [-0.05, 0) is 30.9 Å². The zero-order valence-corrected chi connectivity index (χ0v) is 14.2. The van der Waals surface area contributed by atoms with Crippen molar-refractivity contribution in [2.24, 2.45) is 5.92 Å². The third-order valence-corrected chi connectivity index (χ3v) is 5.74. The number of thioether (sulfide) groups is 1. The third kappa shape index (κ3) is 3.93. The maximum atomic E-state index is 12.6. The van der Waals surface area contributed by atoms with Gasteiger partial charge in [-0.2, -0.15) is 0 Å². The van der Waals surface area contributed by atoms with E-state index in [0.717, 1.165) is 17.7 Å². The Balaban J connectivity index is 1.53. The Morgan fingerprint density at radius 2 is 1.87 bits per heavy atom. The molecule has 1 fully saturated rings. The van der Waals surface area contributed by atoms with Crippen LogP contribution in [0.2, 0.25) is 0 Å². The summed E-state index contributed by atoms with van der Waals surface area (Å²) in [7, 11) is 0. The maximum absolute atomic E-state index is 12.6. The van der Waals surface area contributed by atoms with Crippen LogP contribution in [0, 0.1) is 5.92 Å². The molecule has 0 radical (unpaired) electrons. The van der Waals surface area contributed by atoms with Crippen molar-refractivity contribution in [3.05, 3.63) is 43.0 Å². The standard InChI is InChI=1S/C17H22N4OS/c1-12(2)16(23-15-6-4-3-5-7-15)17(22)20-13-8-14(9-13)21-10-18-19-11-21/h3-7,10-14,16H,8-9H2,1-2H3,(H,20,22). The molecule has 0 bridgehead atoms. The molecule has 1 heterocycles. The van der Waals surface area contributed by atoms with Crippen LogP contribution in [-0.4, -0.2) is 32.0 Å². The Bertz CT molecular complexity index is 623. The Morgan fingerprint density at radius 3 is 2.48 bits per heavy atom. The molecule has 23 heavy (non-hydrogen) atoms. The normalized spacial score (nSPS) is 21.7. The van der Waals surface area contributed by atoms with Crippen LogP contribution in [0.25, 0.3) is 0 Å². The van der Waals surface area contributed by atoms with Crippen LogP contribution in [0.1, 0.15) is 32.7 Å². The molecule has 0 aliphatic heterocycles. The zero-order valence-electron chi connectivity index (χ0n) is 13.4. The molecule has 0 spiro atoms. The Labute approximate surface area is 140 Å². The first-order valence-corrected chi connectivity index (χ1v) is 8.87. The Hall–Kier alpha value is -1.82. The van der Waals surface area contributed by atoms with E-state index in [-0.39, 0.29) is 23.1 Å². The van der Waals surface area contributed by atoms with Crippen molar-refractivity contribution in [2.75, 3.05) is 0 Å². The number of carbonyl (C=O) groups is 1. The number of nitrogens with one attached hydrogen (secondary N) is 1. The second kappa shape index (κ2) is 7.17. The smallest absolute Gasteiger partial charge is 0.233 e. The van der Waals surface area contributed by atoms with Crippen molar-refractivity contribution >= 4 is 17.7 Å². The SMILES string of the molecule is CC(C)C(Sc1ccccc1)C(=O)NC1CC(n2cnnc2)C1. The molecule has 2 aromatic rings. The monoisotopic (exact) mass is 330 g/mol. The van der Waals surface area contributed by atoms with E-state index in [0.29, 0.717) is 6.04 Å². The number of nitrogens with zero attached hydrogens (tertiary/aromatic N) is 3. The predicted octanol–water partition coefficient (Wildman–Crippen LogP) is 2.91. The van der Waals surface area contributed by atoms with Gasteiger partial charge in [0.1, 0.15) is 12.7 Å². The fraction of sp³-hybridized carbons (Fsp3) is 0.471. The minimum absolute atomic E-state index is 0.0636. The lowest BCUT2D eigenvalue weighted by molar-refractivity contribution is -0.122. The van der Waals surface area contributed by atoms with E-state index in [1.165, 1.54) is 0 Å². The molecular formula is C17H22N4OS. The molecule has 0 saturated heterocycles. The first kappa shape index (κ1) is 16.1. The highest BCUT2D eigenvalue weighted by atomic mass is 32.2. The summed E-state index contributed by atoms with van der Waals surface area (Å²) in [6.45, 7) is 4.20. The Kier molecular flexibility index (Phi) is 5.00. The number of rotatable bonds is 6. The van der Waals surface area contributed by atoms with Crippen LogP contribution >= 0.6 is 11.8 Å². The summed E-state index contributed by atoms with van der Waals surface area (Å²) in [6.07, 6.45) is 5.38. The van der Waals surface area contributed by atoms with Crippen LogP contribution in [0.15, 0.2) is 47.9 Å². The average Bonchev–Trinajstić information content (AvgIpc) is 3.02. The van der Waals surface area contributed by atoms with Crippen LogP contribution in [0.5, 0.6) is 0 Å². The molecule has 1 unspecified atom stereocenters. The fourth-order valence-electron chi connectivity index (χ4n) is 2.77. The highest BCUT2D eigenvalue weighted by Crippen LogP contribution is 2.33. The molecule has 1 aromatic heterocycles. The van der Waals surface area contributed by atoms with Crippen molar-refractivity contribution in [2.45, 2.75) is 48.9 Å². The van der Waals surface area contributed by atoms with Crippen molar-refractivity contribution in [3.63, 3.8) is 0 Å². The summed E-state index contributed by atoms with van der Waals surface area (Å²) in [5.41, 5.74) is 0. The second-order valence-electron chi connectivity index (χ2n) is 6.34. The van der Waals surface area contributed by atoms with Crippen LogP contribution < -0.4 is 5.32 Å². The van der Waals surface area contributed by atoms with E-state index in [4.69, 9.17) is 0 Å². The van der Waals surface area contributed by atoms with E-state index in [2.05, 4.69) is 41.5 Å². The molecule has 1 saturated carbocycles. The lowest BCUT2D eigenvalue weighted by Crippen LogP contribution is -2.48. The highest BCUT2D eigenvalue weighted by molar-refractivity contribution is 8.00. The van der Waals surface area contributed by atoms with E-state index in [9.17, 15) is 4.79 Å². The molecule has 3 rings (SSSR count). The number of benzene rings is 1. The van der Waals surface area contributed by atoms with Gasteiger partial charge < -0.3 is 9.88 Å². The first-order valence-electron chi connectivity index (χ1n) is 7.99. The van der Waals surface area contributed by atoms with E-state index in [1.54, 1.807) is 24.4 Å². The van der Waals surface area contributed by atoms with Gasteiger partial charge in [0.2, 0.25) is 5.91 Å². The molecule has 1 amide bonds. The van der Waals surface area contributed by atoms with Crippen molar-refractivity contribution in [1.29, 1.82) is 0 Å². The van der Waals surface area contributed by atoms with Crippen molar-refractivity contribution < 1.29 is 4.79 Å². The second-order valence-corrected chi connectivity index (χ2v) is 7.55. The molecule has 1 atom stereocenters. The van der Waals surface area contributed by atoms with Gasteiger partial charge in [0, 0.05) is 17.0 Å².